The van der Waals surface area contributed by atoms with E-state index in [1.807, 2.05) is 30.3 Å². The molecule has 6 heteroatoms. The quantitative estimate of drug-likeness (QED) is 0.686. The minimum atomic E-state index is 0.0267. The van der Waals surface area contributed by atoms with Gasteiger partial charge in [0.2, 0.25) is 5.91 Å². The highest BCUT2D eigenvalue weighted by Gasteiger charge is 2.21. The van der Waals surface area contributed by atoms with Gasteiger partial charge in [-0.3, -0.25) is 9.89 Å². The van der Waals surface area contributed by atoms with E-state index in [-0.39, 0.29) is 5.91 Å². The van der Waals surface area contributed by atoms with Crippen LogP contribution in [-0.2, 0) is 4.79 Å². The van der Waals surface area contributed by atoms with Crippen LogP contribution in [0.3, 0.4) is 0 Å². The Morgan fingerprint density at radius 1 is 1.18 bits per heavy atom. The number of rotatable bonds is 9. The number of nitrogens with zero attached hydrogens (tertiary/aromatic N) is 2. The van der Waals surface area contributed by atoms with Gasteiger partial charge in [-0.2, -0.15) is 5.10 Å². The number of amides is 1. The fourth-order valence-corrected chi connectivity index (χ4v) is 3.61. The molecule has 1 saturated heterocycles. The summed E-state index contributed by atoms with van der Waals surface area (Å²) in [5.74, 6) is 2.25. The highest BCUT2D eigenvalue weighted by atomic mass is 16.5. The van der Waals surface area contributed by atoms with Crippen molar-refractivity contribution in [2.75, 3.05) is 31.6 Å². The Kier molecular flexibility index (Phi) is 6.27. The minimum absolute atomic E-state index is 0.0267. The molecular formula is C22H30N4O2. The van der Waals surface area contributed by atoms with Crippen LogP contribution >= 0.6 is 0 Å². The van der Waals surface area contributed by atoms with Crippen molar-refractivity contribution >= 4 is 11.7 Å². The fourth-order valence-electron chi connectivity index (χ4n) is 3.61. The lowest BCUT2D eigenvalue weighted by atomic mass is 10.1. The summed E-state index contributed by atoms with van der Waals surface area (Å²) in [7, 11) is 0. The lowest BCUT2D eigenvalue weighted by Crippen LogP contribution is -2.31. The maximum atomic E-state index is 12.2. The second-order valence-electron chi connectivity index (χ2n) is 8.00. The van der Waals surface area contributed by atoms with Crippen LogP contribution in [0.25, 0.3) is 11.3 Å². The molecule has 2 heterocycles. The zero-order chi connectivity index (χ0) is 19.2. The first-order chi connectivity index (χ1) is 13.8. The predicted molar refractivity (Wildman–Crippen MR) is 110 cm³/mol. The SMILES string of the molecule is O=C(CCCN1CCCCC1)Nc1cc(-c2ccc(OCC3CC3)cc2)[nH]n1. The second kappa shape index (κ2) is 9.24. The third kappa shape index (κ3) is 5.58. The van der Waals surface area contributed by atoms with Crippen LogP contribution in [0.5, 0.6) is 5.75 Å². The molecule has 1 amide bonds. The molecule has 1 aromatic heterocycles. The zero-order valence-corrected chi connectivity index (χ0v) is 16.5. The third-order valence-corrected chi connectivity index (χ3v) is 5.52. The standard InChI is InChI=1S/C22H30N4O2/c27-22(5-4-14-26-12-2-1-3-13-26)23-21-15-20(24-25-21)18-8-10-19(11-9-18)28-16-17-6-7-17/h8-11,15,17H,1-7,12-14,16H2,(H2,23,24,25,27). The summed E-state index contributed by atoms with van der Waals surface area (Å²) in [5, 5.41) is 10.1. The van der Waals surface area contributed by atoms with Gasteiger partial charge in [0.15, 0.2) is 5.82 Å². The summed E-state index contributed by atoms with van der Waals surface area (Å²) in [4.78, 5) is 14.6. The Bertz CT molecular complexity index is 761. The van der Waals surface area contributed by atoms with Gasteiger partial charge < -0.3 is 15.0 Å². The number of likely N-dealkylation sites (tertiary alicyclic amines) is 1. The number of H-pyrrole nitrogens is 1. The maximum Gasteiger partial charge on any atom is 0.225 e. The van der Waals surface area contributed by atoms with E-state index in [2.05, 4.69) is 20.4 Å². The molecule has 6 nitrogen and oxygen atoms in total. The lowest BCUT2D eigenvalue weighted by Gasteiger charge is -2.26. The summed E-state index contributed by atoms with van der Waals surface area (Å²) in [6, 6.07) is 9.87. The van der Waals surface area contributed by atoms with Crippen molar-refractivity contribution in [1.29, 1.82) is 0 Å². The van der Waals surface area contributed by atoms with Crippen LogP contribution in [0.15, 0.2) is 30.3 Å². The van der Waals surface area contributed by atoms with Gasteiger partial charge >= 0.3 is 0 Å². The van der Waals surface area contributed by atoms with Gasteiger partial charge in [-0.25, -0.2) is 0 Å². The van der Waals surface area contributed by atoms with E-state index in [1.54, 1.807) is 0 Å². The molecule has 0 unspecified atom stereocenters. The third-order valence-electron chi connectivity index (χ3n) is 5.52. The monoisotopic (exact) mass is 382 g/mol. The largest absolute Gasteiger partial charge is 0.493 e. The van der Waals surface area contributed by atoms with Crippen molar-refractivity contribution in [3.8, 4) is 17.0 Å². The normalized spacial score (nSPS) is 17.4. The van der Waals surface area contributed by atoms with Crippen LogP contribution in [0, 0.1) is 5.92 Å². The first-order valence-electron chi connectivity index (χ1n) is 10.6. The van der Waals surface area contributed by atoms with Gasteiger partial charge in [0.1, 0.15) is 5.75 Å². The number of carbonyl (C=O) groups excluding carboxylic acids is 1. The molecule has 1 aromatic carbocycles. The molecule has 4 rings (SSSR count). The maximum absolute atomic E-state index is 12.2. The molecule has 0 bridgehead atoms. The number of ether oxygens (including phenoxy) is 1. The molecule has 1 saturated carbocycles. The van der Waals surface area contributed by atoms with E-state index >= 15 is 0 Å². The summed E-state index contributed by atoms with van der Waals surface area (Å²) in [6.45, 7) is 4.18. The van der Waals surface area contributed by atoms with E-state index in [1.165, 1.54) is 45.2 Å². The molecule has 0 spiro atoms. The molecule has 0 radical (unpaired) electrons. The van der Waals surface area contributed by atoms with Gasteiger partial charge in [-0.05, 0) is 87.5 Å². The first kappa shape index (κ1) is 19.0. The fraction of sp³-hybridized carbons (Fsp3) is 0.545. The molecule has 2 aliphatic rings. The van der Waals surface area contributed by atoms with Crippen LogP contribution in [0.2, 0.25) is 0 Å². The van der Waals surface area contributed by atoms with Crippen LogP contribution < -0.4 is 10.1 Å². The van der Waals surface area contributed by atoms with Crippen molar-refractivity contribution in [3.63, 3.8) is 0 Å². The topological polar surface area (TPSA) is 70.2 Å². The number of piperidine rings is 1. The average molecular weight is 383 g/mol. The average Bonchev–Trinajstić information content (AvgIpc) is 3.45. The lowest BCUT2D eigenvalue weighted by molar-refractivity contribution is -0.116. The van der Waals surface area contributed by atoms with E-state index in [4.69, 9.17) is 4.74 Å². The van der Waals surface area contributed by atoms with E-state index in [0.717, 1.165) is 42.5 Å². The van der Waals surface area contributed by atoms with E-state index in [0.29, 0.717) is 12.2 Å². The molecule has 2 N–H and O–H groups in total. The summed E-state index contributed by atoms with van der Waals surface area (Å²) < 4.78 is 5.77. The first-order valence-corrected chi connectivity index (χ1v) is 10.6. The number of hydrogen-bond acceptors (Lipinski definition) is 4. The molecule has 2 fully saturated rings. The Labute approximate surface area is 166 Å². The number of hydrogen-bond donors (Lipinski definition) is 2. The van der Waals surface area contributed by atoms with Crippen molar-refractivity contribution in [2.45, 2.75) is 44.9 Å². The molecule has 28 heavy (non-hydrogen) atoms. The Morgan fingerprint density at radius 2 is 1.96 bits per heavy atom. The summed E-state index contributed by atoms with van der Waals surface area (Å²) >= 11 is 0. The van der Waals surface area contributed by atoms with Crippen molar-refractivity contribution in [3.05, 3.63) is 30.3 Å². The minimum Gasteiger partial charge on any atom is -0.493 e. The summed E-state index contributed by atoms with van der Waals surface area (Å²) in [6.07, 6.45) is 7.93. The van der Waals surface area contributed by atoms with Crippen molar-refractivity contribution < 1.29 is 9.53 Å². The molecular weight excluding hydrogens is 352 g/mol. The van der Waals surface area contributed by atoms with Crippen LogP contribution in [0.1, 0.15) is 44.9 Å². The zero-order valence-electron chi connectivity index (χ0n) is 16.5. The number of nitrogens with one attached hydrogen (secondary N) is 2. The van der Waals surface area contributed by atoms with Crippen molar-refractivity contribution in [2.24, 2.45) is 5.92 Å². The Balaban J connectivity index is 1.22. The highest BCUT2D eigenvalue weighted by molar-refractivity contribution is 5.90. The number of carbonyl (C=O) groups is 1. The highest BCUT2D eigenvalue weighted by Crippen LogP contribution is 2.30. The molecule has 1 aliphatic carbocycles. The van der Waals surface area contributed by atoms with E-state index < -0.39 is 0 Å². The molecule has 1 aliphatic heterocycles. The molecule has 2 aromatic rings. The van der Waals surface area contributed by atoms with E-state index in [9.17, 15) is 4.79 Å². The molecule has 150 valence electrons. The number of anilines is 1. The Morgan fingerprint density at radius 3 is 2.71 bits per heavy atom. The second-order valence-corrected chi connectivity index (χ2v) is 8.00. The number of aromatic nitrogens is 2. The van der Waals surface area contributed by atoms with Gasteiger partial charge in [-0.1, -0.05) is 6.42 Å². The van der Waals surface area contributed by atoms with Crippen LogP contribution in [-0.4, -0.2) is 47.2 Å². The summed E-state index contributed by atoms with van der Waals surface area (Å²) in [5.41, 5.74) is 1.91. The van der Waals surface area contributed by atoms with Gasteiger partial charge in [0.05, 0.1) is 12.3 Å². The van der Waals surface area contributed by atoms with Crippen molar-refractivity contribution in [1.82, 2.24) is 15.1 Å². The van der Waals surface area contributed by atoms with Gasteiger partial charge in [0.25, 0.3) is 0 Å². The van der Waals surface area contributed by atoms with Crippen LogP contribution in [0.4, 0.5) is 5.82 Å². The Hall–Kier alpha value is -2.34. The van der Waals surface area contributed by atoms with Gasteiger partial charge in [0, 0.05) is 12.5 Å². The van der Waals surface area contributed by atoms with Gasteiger partial charge in [-0.15, -0.1) is 0 Å². The predicted octanol–water partition coefficient (Wildman–Crippen LogP) is 4.07. The smallest absolute Gasteiger partial charge is 0.225 e. The number of benzene rings is 1. The number of aromatic amines is 1. The molecule has 0 atom stereocenters.